The standard InChI is InChI=1S/C7H6N4O/c12-4-2-6-1-3-11-7(5-6)8-9-10-11/h1,3-5H,2H2. The Morgan fingerprint density at radius 3 is 3.33 bits per heavy atom. The second-order valence-corrected chi connectivity index (χ2v) is 2.39. The predicted molar refractivity (Wildman–Crippen MR) is 40.6 cm³/mol. The molecule has 0 bridgehead atoms. The van der Waals surface area contributed by atoms with Crippen LogP contribution in [0.3, 0.4) is 0 Å². The third-order valence-corrected chi connectivity index (χ3v) is 1.58. The molecule has 0 amide bonds. The molecule has 0 N–H and O–H groups in total. The molecular formula is C7H6N4O. The minimum Gasteiger partial charge on any atom is -0.303 e. The normalized spacial score (nSPS) is 10.3. The first-order valence-corrected chi connectivity index (χ1v) is 3.50. The van der Waals surface area contributed by atoms with Crippen LogP contribution in [0, 0.1) is 0 Å². The van der Waals surface area contributed by atoms with Gasteiger partial charge in [0.1, 0.15) is 6.29 Å². The Bertz CT molecular complexity index is 408. The molecule has 60 valence electrons. The predicted octanol–water partition coefficient (Wildman–Crippen LogP) is -0.134. The molecule has 0 aliphatic rings. The van der Waals surface area contributed by atoms with E-state index in [1.807, 2.05) is 6.07 Å². The van der Waals surface area contributed by atoms with Crippen molar-refractivity contribution in [2.24, 2.45) is 0 Å². The Labute approximate surface area is 68.0 Å². The molecule has 5 nitrogen and oxygen atoms in total. The molecular weight excluding hydrogens is 156 g/mol. The van der Waals surface area contributed by atoms with E-state index in [0.717, 1.165) is 11.8 Å². The lowest BCUT2D eigenvalue weighted by molar-refractivity contribution is -0.107. The van der Waals surface area contributed by atoms with Gasteiger partial charge < -0.3 is 4.79 Å². The van der Waals surface area contributed by atoms with E-state index >= 15 is 0 Å². The lowest BCUT2D eigenvalue weighted by Gasteiger charge is -1.93. The van der Waals surface area contributed by atoms with E-state index in [0.29, 0.717) is 12.1 Å². The van der Waals surface area contributed by atoms with Crippen LogP contribution in [-0.4, -0.2) is 26.3 Å². The van der Waals surface area contributed by atoms with Gasteiger partial charge in [-0.2, -0.15) is 0 Å². The molecule has 2 aromatic heterocycles. The van der Waals surface area contributed by atoms with Gasteiger partial charge >= 0.3 is 0 Å². The largest absolute Gasteiger partial charge is 0.303 e. The van der Waals surface area contributed by atoms with Crippen LogP contribution in [0.2, 0.25) is 0 Å². The summed E-state index contributed by atoms with van der Waals surface area (Å²) in [4.78, 5) is 10.2. The van der Waals surface area contributed by atoms with Crippen LogP contribution in [-0.2, 0) is 11.2 Å². The number of pyridine rings is 1. The van der Waals surface area contributed by atoms with Gasteiger partial charge in [0.2, 0.25) is 0 Å². The number of rotatable bonds is 2. The van der Waals surface area contributed by atoms with E-state index in [1.54, 1.807) is 16.8 Å². The van der Waals surface area contributed by atoms with E-state index in [2.05, 4.69) is 15.5 Å². The number of tetrazole rings is 1. The molecule has 2 rings (SSSR count). The number of hydrogen-bond acceptors (Lipinski definition) is 4. The van der Waals surface area contributed by atoms with Crippen LogP contribution in [0.25, 0.3) is 5.65 Å². The van der Waals surface area contributed by atoms with Crippen molar-refractivity contribution in [2.45, 2.75) is 6.42 Å². The number of carbonyl (C=O) groups is 1. The third kappa shape index (κ3) is 1.05. The van der Waals surface area contributed by atoms with Crippen LogP contribution < -0.4 is 0 Å². The lowest BCUT2D eigenvalue weighted by atomic mass is 10.2. The van der Waals surface area contributed by atoms with Crippen LogP contribution in [0.4, 0.5) is 0 Å². The Balaban J connectivity index is 2.52. The fourth-order valence-electron chi connectivity index (χ4n) is 1.01. The highest BCUT2D eigenvalue weighted by Gasteiger charge is 1.97. The lowest BCUT2D eigenvalue weighted by Crippen LogP contribution is -1.90. The monoisotopic (exact) mass is 162 g/mol. The van der Waals surface area contributed by atoms with Gasteiger partial charge in [0.25, 0.3) is 0 Å². The molecule has 0 unspecified atom stereocenters. The molecule has 0 saturated carbocycles. The van der Waals surface area contributed by atoms with E-state index in [1.165, 1.54) is 0 Å². The van der Waals surface area contributed by atoms with Gasteiger partial charge in [0, 0.05) is 12.6 Å². The molecule has 0 atom stereocenters. The SMILES string of the molecule is O=CCc1ccn2nnnc2c1. The molecule has 5 heteroatoms. The molecule has 0 aliphatic heterocycles. The molecule has 0 radical (unpaired) electrons. The number of fused-ring (bicyclic) bond motifs is 1. The molecule has 0 fully saturated rings. The van der Waals surface area contributed by atoms with Crippen molar-refractivity contribution in [3.05, 3.63) is 23.9 Å². The zero-order valence-corrected chi connectivity index (χ0v) is 6.21. The average Bonchev–Trinajstić information content (AvgIpc) is 2.51. The Morgan fingerprint density at radius 1 is 1.58 bits per heavy atom. The van der Waals surface area contributed by atoms with Gasteiger partial charge in [-0.25, -0.2) is 4.52 Å². The van der Waals surface area contributed by atoms with Crippen LogP contribution in [0.5, 0.6) is 0 Å². The fourth-order valence-corrected chi connectivity index (χ4v) is 1.01. The number of aldehydes is 1. The molecule has 2 heterocycles. The number of nitrogens with zero attached hydrogens (tertiary/aromatic N) is 4. The van der Waals surface area contributed by atoms with Crippen molar-refractivity contribution < 1.29 is 4.79 Å². The second-order valence-electron chi connectivity index (χ2n) is 2.39. The summed E-state index contributed by atoms with van der Waals surface area (Å²) < 4.78 is 1.55. The first-order chi connectivity index (χ1) is 5.90. The summed E-state index contributed by atoms with van der Waals surface area (Å²) in [5.74, 6) is 0. The quantitative estimate of drug-likeness (QED) is 0.577. The maximum absolute atomic E-state index is 10.2. The van der Waals surface area contributed by atoms with Crippen molar-refractivity contribution in [3.8, 4) is 0 Å². The van der Waals surface area contributed by atoms with Crippen molar-refractivity contribution in [1.29, 1.82) is 0 Å². The topological polar surface area (TPSA) is 60.2 Å². The minimum absolute atomic E-state index is 0.406. The molecule has 0 aliphatic carbocycles. The van der Waals surface area contributed by atoms with Crippen LogP contribution in [0.1, 0.15) is 5.56 Å². The Morgan fingerprint density at radius 2 is 2.50 bits per heavy atom. The molecule has 0 saturated heterocycles. The third-order valence-electron chi connectivity index (χ3n) is 1.58. The van der Waals surface area contributed by atoms with Crippen molar-refractivity contribution >= 4 is 11.9 Å². The van der Waals surface area contributed by atoms with Crippen LogP contribution >= 0.6 is 0 Å². The highest BCUT2D eigenvalue weighted by molar-refractivity contribution is 5.56. The maximum atomic E-state index is 10.2. The van der Waals surface area contributed by atoms with Gasteiger partial charge in [0.05, 0.1) is 0 Å². The van der Waals surface area contributed by atoms with Crippen molar-refractivity contribution in [1.82, 2.24) is 20.0 Å². The first-order valence-electron chi connectivity index (χ1n) is 3.50. The molecule has 0 spiro atoms. The smallest absolute Gasteiger partial charge is 0.179 e. The summed E-state index contributed by atoms with van der Waals surface area (Å²) in [5, 5.41) is 10.9. The van der Waals surface area contributed by atoms with E-state index in [9.17, 15) is 4.79 Å². The molecule has 2 aromatic rings. The number of aromatic nitrogens is 4. The summed E-state index contributed by atoms with van der Waals surface area (Å²) in [5.41, 5.74) is 1.58. The van der Waals surface area contributed by atoms with Gasteiger partial charge in [0.15, 0.2) is 5.65 Å². The summed E-state index contributed by atoms with van der Waals surface area (Å²) >= 11 is 0. The first kappa shape index (κ1) is 6.90. The van der Waals surface area contributed by atoms with Gasteiger partial charge in [-0.1, -0.05) is 0 Å². The summed E-state index contributed by atoms with van der Waals surface area (Å²) in [7, 11) is 0. The average molecular weight is 162 g/mol. The number of carbonyl (C=O) groups excluding carboxylic acids is 1. The Kier molecular flexibility index (Phi) is 1.55. The highest BCUT2D eigenvalue weighted by atomic mass is 16.1. The van der Waals surface area contributed by atoms with Crippen molar-refractivity contribution in [3.63, 3.8) is 0 Å². The molecule has 12 heavy (non-hydrogen) atoms. The maximum Gasteiger partial charge on any atom is 0.179 e. The fraction of sp³-hybridized carbons (Fsp3) is 0.143. The van der Waals surface area contributed by atoms with E-state index < -0.39 is 0 Å². The van der Waals surface area contributed by atoms with Gasteiger partial charge in [-0.15, -0.1) is 5.10 Å². The van der Waals surface area contributed by atoms with Crippen LogP contribution in [0.15, 0.2) is 18.3 Å². The zero-order valence-electron chi connectivity index (χ0n) is 6.21. The highest BCUT2D eigenvalue weighted by Crippen LogP contribution is 2.02. The van der Waals surface area contributed by atoms with E-state index in [4.69, 9.17) is 0 Å². The van der Waals surface area contributed by atoms with Crippen molar-refractivity contribution in [2.75, 3.05) is 0 Å². The summed E-state index contributed by atoms with van der Waals surface area (Å²) in [6.07, 6.45) is 2.99. The second kappa shape index (κ2) is 2.69. The zero-order chi connectivity index (χ0) is 8.39. The summed E-state index contributed by atoms with van der Waals surface area (Å²) in [6, 6.07) is 3.60. The van der Waals surface area contributed by atoms with Gasteiger partial charge in [-0.05, 0) is 28.1 Å². The Hall–Kier alpha value is -1.78. The van der Waals surface area contributed by atoms with Gasteiger partial charge in [-0.3, -0.25) is 0 Å². The molecule has 0 aromatic carbocycles. The minimum atomic E-state index is 0.406. The summed E-state index contributed by atoms with van der Waals surface area (Å²) in [6.45, 7) is 0. The van der Waals surface area contributed by atoms with E-state index in [-0.39, 0.29) is 0 Å². The number of hydrogen-bond donors (Lipinski definition) is 0.